The monoisotopic (exact) mass is 396 g/mol. The summed E-state index contributed by atoms with van der Waals surface area (Å²) in [6.07, 6.45) is -0.343. The van der Waals surface area contributed by atoms with Gasteiger partial charge in [0.1, 0.15) is 24.5 Å². The van der Waals surface area contributed by atoms with Crippen LogP contribution in [0.5, 0.6) is 11.5 Å². The van der Waals surface area contributed by atoms with Crippen molar-refractivity contribution in [2.45, 2.75) is 6.42 Å². The molecule has 0 aromatic heterocycles. The number of methoxy groups -OCH3 is 1. The van der Waals surface area contributed by atoms with Crippen LogP contribution in [-0.4, -0.2) is 32.1 Å². The molecule has 2 amide bonds. The minimum Gasteiger partial charge on any atom is -0.497 e. The van der Waals surface area contributed by atoms with Gasteiger partial charge in [-0.3, -0.25) is 9.59 Å². The molecule has 138 valence electrons. The van der Waals surface area contributed by atoms with Gasteiger partial charge in [-0.15, -0.1) is 0 Å². The Hall–Kier alpha value is -2.44. The van der Waals surface area contributed by atoms with Crippen LogP contribution in [0, 0.1) is 0 Å². The third-order valence-electron chi connectivity index (χ3n) is 3.30. The van der Waals surface area contributed by atoms with Crippen LogP contribution < -0.4 is 20.1 Å². The highest BCUT2D eigenvalue weighted by molar-refractivity contribution is 6.39. The Labute approximate surface area is 161 Å². The first kappa shape index (κ1) is 19.9. The Bertz CT molecular complexity index is 746. The van der Waals surface area contributed by atoms with E-state index < -0.39 is 11.8 Å². The molecule has 8 heteroatoms. The smallest absolute Gasteiger partial charge is 0.233 e. The summed E-state index contributed by atoms with van der Waals surface area (Å²) in [4.78, 5) is 23.7. The van der Waals surface area contributed by atoms with Crippen LogP contribution in [0.2, 0.25) is 10.0 Å². The number of halogens is 2. The third kappa shape index (κ3) is 6.13. The first-order valence-corrected chi connectivity index (χ1v) is 8.52. The second-order valence-corrected chi connectivity index (χ2v) is 6.01. The van der Waals surface area contributed by atoms with Gasteiger partial charge in [-0.25, -0.2) is 0 Å². The maximum absolute atomic E-state index is 11.9. The zero-order valence-corrected chi connectivity index (χ0v) is 15.6. The molecule has 0 aliphatic heterocycles. The van der Waals surface area contributed by atoms with E-state index in [1.54, 1.807) is 49.6 Å². The summed E-state index contributed by atoms with van der Waals surface area (Å²) in [7, 11) is 1.58. The van der Waals surface area contributed by atoms with Gasteiger partial charge in [0, 0.05) is 0 Å². The molecule has 0 fully saturated rings. The molecule has 0 aliphatic carbocycles. The molecule has 6 nitrogen and oxygen atoms in total. The molecule has 0 saturated heterocycles. The highest BCUT2D eigenvalue weighted by atomic mass is 35.5. The zero-order valence-electron chi connectivity index (χ0n) is 14.1. The third-order valence-corrected chi connectivity index (χ3v) is 3.93. The fourth-order valence-electron chi connectivity index (χ4n) is 2.04. The number of hydrogen-bond donors (Lipinski definition) is 2. The van der Waals surface area contributed by atoms with Crippen LogP contribution in [0.1, 0.15) is 6.42 Å². The molecule has 0 spiro atoms. The maximum Gasteiger partial charge on any atom is 0.233 e. The topological polar surface area (TPSA) is 76.7 Å². The van der Waals surface area contributed by atoms with E-state index in [9.17, 15) is 9.59 Å². The molecule has 0 aliphatic rings. The van der Waals surface area contributed by atoms with Gasteiger partial charge in [0.2, 0.25) is 11.8 Å². The van der Waals surface area contributed by atoms with Crippen molar-refractivity contribution in [2.75, 3.05) is 25.6 Å². The quantitative estimate of drug-likeness (QED) is 0.528. The summed E-state index contributed by atoms with van der Waals surface area (Å²) < 4.78 is 10.5. The minimum absolute atomic E-state index is 0.269. The van der Waals surface area contributed by atoms with Crippen molar-refractivity contribution in [1.29, 1.82) is 0 Å². The minimum atomic E-state index is -0.506. The number of hydrogen-bond acceptors (Lipinski definition) is 4. The number of carbonyl (C=O) groups is 2. The highest BCUT2D eigenvalue weighted by Gasteiger charge is 2.13. The van der Waals surface area contributed by atoms with Gasteiger partial charge in [-0.05, 0) is 36.4 Å². The van der Waals surface area contributed by atoms with Gasteiger partial charge in [0.15, 0.2) is 0 Å². The van der Waals surface area contributed by atoms with Crippen LogP contribution in [0.4, 0.5) is 5.69 Å². The molecule has 0 heterocycles. The van der Waals surface area contributed by atoms with Crippen molar-refractivity contribution in [3.63, 3.8) is 0 Å². The average molecular weight is 397 g/mol. The summed E-state index contributed by atoms with van der Waals surface area (Å²) in [5.41, 5.74) is 0.288. The lowest BCUT2D eigenvalue weighted by Gasteiger charge is -2.10. The van der Waals surface area contributed by atoms with E-state index in [1.807, 2.05) is 0 Å². The van der Waals surface area contributed by atoms with Gasteiger partial charge in [0.25, 0.3) is 0 Å². The van der Waals surface area contributed by atoms with Crippen molar-refractivity contribution >= 4 is 40.7 Å². The Kier molecular flexibility index (Phi) is 7.56. The molecule has 0 saturated carbocycles. The fraction of sp³-hybridized carbons (Fsp3) is 0.222. The molecule has 0 atom stereocenters. The molecular weight excluding hydrogens is 379 g/mol. The summed E-state index contributed by atoms with van der Waals surface area (Å²) in [5.74, 6) is 0.457. The highest BCUT2D eigenvalue weighted by Crippen LogP contribution is 2.29. The molecule has 2 aromatic rings. The van der Waals surface area contributed by atoms with Crippen LogP contribution in [0.25, 0.3) is 0 Å². The lowest BCUT2D eigenvalue weighted by Crippen LogP contribution is -2.31. The van der Waals surface area contributed by atoms with Crippen molar-refractivity contribution < 1.29 is 19.1 Å². The second kappa shape index (κ2) is 9.89. The van der Waals surface area contributed by atoms with Gasteiger partial charge >= 0.3 is 0 Å². The Morgan fingerprint density at radius 1 is 0.962 bits per heavy atom. The standard InChI is InChI=1S/C18H18Cl2N2O4/c1-25-12-5-7-13(8-6-12)26-10-9-21-16(23)11-17(24)22-18-14(19)3-2-4-15(18)20/h2-8H,9-11H2,1H3,(H,21,23)(H,22,24). The Morgan fingerprint density at radius 3 is 2.19 bits per heavy atom. The molecule has 0 unspecified atom stereocenters. The Balaban J connectivity index is 1.70. The number of amides is 2. The van der Waals surface area contributed by atoms with E-state index in [4.69, 9.17) is 32.7 Å². The zero-order chi connectivity index (χ0) is 18.9. The molecular formula is C18H18Cl2N2O4. The summed E-state index contributed by atoms with van der Waals surface area (Å²) in [6.45, 7) is 0.543. The number of rotatable bonds is 8. The number of carbonyl (C=O) groups excluding carboxylic acids is 2. The van der Waals surface area contributed by atoms with Gasteiger partial charge < -0.3 is 20.1 Å². The van der Waals surface area contributed by atoms with E-state index in [0.717, 1.165) is 5.75 Å². The number of ether oxygens (including phenoxy) is 2. The van der Waals surface area contributed by atoms with Crippen LogP contribution in [0.15, 0.2) is 42.5 Å². The maximum atomic E-state index is 11.9. The van der Waals surface area contributed by atoms with E-state index >= 15 is 0 Å². The van der Waals surface area contributed by atoms with Crippen LogP contribution in [0.3, 0.4) is 0 Å². The largest absolute Gasteiger partial charge is 0.497 e. The lowest BCUT2D eigenvalue weighted by molar-refractivity contribution is -0.126. The first-order valence-electron chi connectivity index (χ1n) is 7.77. The van der Waals surface area contributed by atoms with Crippen molar-refractivity contribution in [1.82, 2.24) is 5.32 Å². The average Bonchev–Trinajstić information content (AvgIpc) is 2.62. The molecule has 2 aromatic carbocycles. The Morgan fingerprint density at radius 2 is 1.58 bits per heavy atom. The number of para-hydroxylation sites is 1. The van der Waals surface area contributed by atoms with Crippen molar-refractivity contribution in [3.8, 4) is 11.5 Å². The number of nitrogens with one attached hydrogen (secondary N) is 2. The second-order valence-electron chi connectivity index (χ2n) is 5.20. The van der Waals surface area contributed by atoms with Crippen molar-refractivity contribution in [3.05, 3.63) is 52.5 Å². The molecule has 2 rings (SSSR count). The van der Waals surface area contributed by atoms with Crippen LogP contribution in [-0.2, 0) is 9.59 Å². The predicted octanol–water partition coefficient (Wildman–Crippen LogP) is 3.53. The lowest BCUT2D eigenvalue weighted by atomic mass is 10.3. The fourth-order valence-corrected chi connectivity index (χ4v) is 2.53. The summed E-state index contributed by atoms with van der Waals surface area (Å²) in [6, 6.07) is 11.9. The first-order chi connectivity index (χ1) is 12.5. The summed E-state index contributed by atoms with van der Waals surface area (Å²) >= 11 is 11.9. The molecule has 2 N–H and O–H groups in total. The predicted molar refractivity (Wildman–Crippen MR) is 101 cm³/mol. The van der Waals surface area contributed by atoms with Gasteiger partial charge in [-0.1, -0.05) is 29.3 Å². The molecule has 26 heavy (non-hydrogen) atoms. The number of benzene rings is 2. The van der Waals surface area contributed by atoms with Crippen molar-refractivity contribution in [2.24, 2.45) is 0 Å². The van der Waals surface area contributed by atoms with Crippen LogP contribution >= 0.6 is 23.2 Å². The van der Waals surface area contributed by atoms with Gasteiger partial charge in [0.05, 0.1) is 29.4 Å². The van der Waals surface area contributed by atoms with Gasteiger partial charge in [-0.2, -0.15) is 0 Å². The van der Waals surface area contributed by atoms with E-state index in [2.05, 4.69) is 10.6 Å². The van der Waals surface area contributed by atoms with E-state index in [1.165, 1.54) is 0 Å². The normalized spacial score (nSPS) is 10.1. The SMILES string of the molecule is COc1ccc(OCCNC(=O)CC(=O)Nc2c(Cl)cccc2Cl)cc1. The van der Waals surface area contributed by atoms with E-state index in [0.29, 0.717) is 15.8 Å². The molecule has 0 radical (unpaired) electrons. The molecule has 0 bridgehead atoms. The summed E-state index contributed by atoms with van der Waals surface area (Å²) in [5, 5.41) is 5.75. The van der Waals surface area contributed by atoms with E-state index in [-0.39, 0.29) is 25.3 Å². The number of anilines is 1.